The zero-order chi connectivity index (χ0) is 38.9. The lowest BCUT2D eigenvalue weighted by Gasteiger charge is -2.18. The van der Waals surface area contributed by atoms with Gasteiger partial charge in [-0.1, -0.05) is 97.1 Å². The van der Waals surface area contributed by atoms with Crippen molar-refractivity contribution >= 4 is 39.3 Å². The van der Waals surface area contributed by atoms with Crippen molar-refractivity contribution in [1.82, 2.24) is 4.57 Å². The first-order chi connectivity index (χ1) is 26.9. The van der Waals surface area contributed by atoms with Gasteiger partial charge in [0.25, 0.3) is 11.8 Å². The molecule has 1 aliphatic heterocycles. The molecule has 0 spiro atoms. The van der Waals surface area contributed by atoms with Gasteiger partial charge in [-0.05, 0) is 94.0 Å². The molecule has 0 fully saturated rings. The van der Waals surface area contributed by atoms with Crippen LogP contribution in [0.15, 0.2) is 158 Å². The summed E-state index contributed by atoms with van der Waals surface area (Å²) in [5.41, 5.74) is 2.27. The number of fused-ring (bicyclic) bond motifs is 4. The summed E-state index contributed by atoms with van der Waals surface area (Å²) in [5.74, 6) is -1.12. The number of alkyl halides is 6. The highest BCUT2D eigenvalue weighted by Crippen LogP contribution is 2.43. The van der Waals surface area contributed by atoms with Crippen LogP contribution in [0.2, 0.25) is 0 Å². The monoisotopic (exact) mass is 752 g/mol. The Morgan fingerprint density at radius 1 is 0.411 bits per heavy atom. The van der Waals surface area contributed by atoms with Gasteiger partial charge >= 0.3 is 12.4 Å². The molecule has 0 aliphatic carbocycles. The standard InChI is InChI=1S/C46H26F6N2O2/c47-45(48,49)33-21-32(22-34(26-33)46(50,51)52)29-18-19-37-36-14-7-8-16-39(36)54(41(37)25-29)40-17-9-15-38-42(40)44(56)53(43(38)55)35-23-30(27-10-3-1-4-11-27)20-31(24-35)28-12-5-2-6-13-28/h1-26H. The summed E-state index contributed by atoms with van der Waals surface area (Å²) in [6, 6.07) is 42.9. The molecule has 0 unspecified atom stereocenters. The third-order valence-electron chi connectivity index (χ3n) is 10.1. The number of anilines is 1. The van der Waals surface area contributed by atoms with Crippen molar-refractivity contribution in [3.05, 3.63) is 180 Å². The highest BCUT2D eigenvalue weighted by atomic mass is 19.4. The lowest BCUT2D eigenvalue weighted by Crippen LogP contribution is -2.29. The molecule has 0 bridgehead atoms. The zero-order valence-corrected chi connectivity index (χ0v) is 29.0. The number of imide groups is 1. The minimum Gasteiger partial charge on any atom is -0.308 e. The fourth-order valence-electron chi connectivity index (χ4n) is 7.55. The number of carbonyl (C=O) groups excluding carboxylic acids is 2. The molecule has 56 heavy (non-hydrogen) atoms. The van der Waals surface area contributed by atoms with Crippen LogP contribution in [0.4, 0.5) is 32.0 Å². The summed E-state index contributed by atoms with van der Waals surface area (Å²) >= 11 is 0. The summed E-state index contributed by atoms with van der Waals surface area (Å²) in [6.07, 6.45) is -10.1. The predicted octanol–water partition coefficient (Wildman–Crippen LogP) is 12.6. The van der Waals surface area contributed by atoms with Crippen LogP contribution in [-0.2, 0) is 12.4 Å². The van der Waals surface area contributed by atoms with Gasteiger partial charge in [0.2, 0.25) is 0 Å². The van der Waals surface area contributed by atoms with Crippen molar-refractivity contribution in [3.63, 3.8) is 0 Å². The Morgan fingerprint density at radius 2 is 0.964 bits per heavy atom. The molecule has 4 nitrogen and oxygen atoms in total. The molecule has 0 saturated heterocycles. The number of hydrogen-bond acceptors (Lipinski definition) is 2. The first kappa shape index (κ1) is 34.8. The first-order valence-corrected chi connectivity index (χ1v) is 17.5. The van der Waals surface area contributed by atoms with Gasteiger partial charge in [0.15, 0.2) is 0 Å². The Morgan fingerprint density at radius 3 is 1.57 bits per heavy atom. The third-order valence-corrected chi connectivity index (χ3v) is 10.1. The molecule has 0 saturated carbocycles. The second-order valence-corrected chi connectivity index (χ2v) is 13.5. The largest absolute Gasteiger partial charge is 0.416 e. The van der Waals surface area contributed by atoms with Crippen molar-refractivity contribution in [2.75, 3.05) is 4.90 Å². The fraction of sp³-hybridized carbons (Fsp3) is 0.0435. The van der Waals surface area contributed by atoms with Crippen molar-refractivity contribution in [1.29, 1.82) is 0 Å². The molecule has 0 N–H and O–H groups in total. The number of amides is 2. The van der Waals surface area contributed by atoms with E-state index in [0.29, 0.717) is 39.9 Å². The van der Waals surface area contributed by atoms with Gasteiger partial charge < -0.3 is 4.57 Å². The average Bonchev–Trinajstić information content (AvgIpc) is 3.67. The van der Waals surface area contributed by atoms with E-state index in [9.17, 15) is 35.9 Å². The summed E-state index contributed by atoms with van der Waals surface area (Å²) in [6.45, 7) is 0. The highest BCUT2D eigenvalue weighted by Gasteiger charge is 2.40. The zero-order valence-electron chi connectivity index (χ0n) is 29.0. The van der Waals surface area contributed by atoms with Gasteiger partial charge in [-0.15, -0.1) is 0 Å². The maximum absolute atomic E-state index is 14.7. The molecule has 2 heterocycles. The van der Waals surface area contributed by atoms with E-state index in [4.69, 9.17) is 0 Å². The van der Waals surface area contributed by atoms with Crippen LogP contribution < -0.4 is 4.90 Å². The molecule has 1 aromatic heterocycles. The van der Waals surface area contributed by atoms with E-state index in [2.05, 4.69) is 0 Å². The number of hydrogen-bond donors (Lipinski definition) is 0. The number of nitrogens with zero attached hydrogens (tertiary/aromatic N) is 2. The van der Waals surface area contributed by atoms with E-state index < -0.39 is 35.3 Å². The molecule has 0 radical (unpaired) electrons. The SMILES string of the molecule is O=C1c2cccc(-n3c4ccccc4c4ccc(-c5cc(C(F)(F)F)cc(C(F)(F)F)c5)cc43)c2C(=O)N1c1cc(-c2ccccc2)cc(-c2ccccc2)c1. The average molecular weight is 753 g/mol. The van der Waals surface area contributed by atoms with Gasteiger partial charge in [0.05, 0.1) is 44.7 Å². The summed E-state index contributed by atoms with van der Waals surface area (Å²) < 4.78 is 84.9. The lowest BCUT2D eigenvalue weighted by molar-refractivity contribution is -0.143. The molecule has 10 heteroatoms. The number of rotatable bonds is 5. The summed E-state index contributed by atoms with van der Waals surface area (Å²) in [4.78, 5) is 30.2. The molecule has 1 aliphatic rings. The van der Waals surface area contributed by atoms with E-state index in [1.807, 2.05) is 72.8 Å². The Hall–Kier alpha value is -6.94. The second-order valence-electron chi connectivity index (χ2n) is 13.5. The number of benzene rings is 7. The maximum Gasteiger partial charge on any atom is 0.416 e. The lowest BCUT2D eigenvalue weighted by atomic mass is 9.97. The molecule has 2 amide bonds. The fourth-order valence-corrected chi connectivity index (χ4v) is 7.55. The number of halogens is 6. The highest BCUT2D eigenvalue weighted by molar-refractivity contribution is 6.36. The van der Waals surface area contributed by atoms with Crippen LogP contribution in [0.25, 0.3) is 60.9 Å². The number of para-hydroxylation sites is 1. The minimum atomic E-state index is -5.03. The van der Waals surface area contributed by atoms with Crippen molar-refractivity contribution < 1.29 is 35.9 Å². The van der Waals surface area contributed by atoms with Crippen LogP contribution in [0.5, 0.6) is 0 Å². The second kappa shape index (κ2) is 12.8. The minimum absolute atomic E-state index is 0.0962. The number of aromatic nitrogens is 1. The molecular weight excluding hydrogens is 727 g/mol. The number of carbonyl (C=O) groups is 2. The quantitative estimate of drug-likeness (QED) is 0.130. The van der Waals surface area contributed by atoms with Crippen molar-refractivity contribution in [3.8, 4) is 39.1 Å². The molecule has 274 valence electrons. The van der Waals surface area contributed by atoms with Gasteiger partial charge in [-0.2, -0.15) is 26.3 Å². The first-order valence-electron chi connectivity index (χ1n) is 17.5. The molecular formula is C46H26F6N2O2. The van der Waals surface area contributed by atoms with E-state index in [1.165, 1.54) is 12.1 Å². The van der Waals surface area contributed by atoms with Crippen LogP contribution in [-0.4, -0.2) is 16.4 Å². The Labute approximate surface area is 315 Å². The normalized spacial score (nSPS) is 13.2. The third kappa shape index (κ3) is 5.81. The van der Waals surface area contributed by atoms with Gasteiger partial charge in [0, 0.05) is 10.8 Å². The van der Waals surface area contributed by atoms with E-state index >= 15 is 0 Å². The van der Waals surface area contributed by atoms with Crippen LogP contribution in [0.3, 0.4) is 0 Å². The van der Waals surface area contributed by atoms with Gasteiger partial charge in [-0.25, -0.2) is 4.90 Å². The van der Waals surface area contributed by atoms with E-state index in [-0.39, 0.29) is 28.3 Å². The Bertz CT molecular complexity index is 2790. The molecule has 9 rings (SSSR count). The topological polar surface area (TPSA) is 42.3 Å². The van der Waals surface area contributed by atoms with Crippen molar-refractivity contribution in [2.45, 2.75) is 12.4 Å². The summed E-state index contributed by atoms with van der Waals surface area (Å²) in [7, 11) is 0. The Kier molecular flexibility index (Phi) is 7.98. The molecule has 0 atom stereocenters. The van der Waals surface area contributed by atoms with Crippen LogP contribution in [0.1, 0.15) is 31.8 Å². The predicted molar refractivity (Wildman–Crippen MR) is 205 cm³/mol. The smallest absolute Gasteiger partial charge is 0.308 e. The van der Waals surface area contributed by atoms with Crippen molar-refractivity contribution in [2.24, 2.45) is 0 Å². The summed E-state index contributed by atoms with van der Waals surface area (Å²) in [5, 5.41) is 1.37. The van der Waals surface area contributed by atoms with Gasteiger partial charge in [-0.3, -0.25) is 9.59 Å². The maximum atomic E-state index is 14.7. The van der Waals surface area contributed by atoms with Crippen LogP contribution >= 0.6 is 0 Å². The van der Waals surface area contributed by atoms with E-state index in [0.717, 1.165) is 32.5 Å². The molecule has 7 aromatic carbocycles. The Balaban J connectivity index is 1.23. The van der Waals surface area contributed by atoms with E-state index in [1.54, 1.807) is 59.2 Å². The van der Waals surface area contributed by atoms with Gasteiger partial charge in [0.1, 0.15) is 0 Å². The molecule has 8 aromatic rings. The van der Waals surface area contributed by atoms with Crippen LogP contribution in [0, 0.1) is 0 Å².